The van der Waals surface area contributed by atoms with Crippen LogP contribution in [-0.4, -0.2) is 34.5 Å². The highest BCUT2D eigenvalue weighted by Gasteiger charge is 2.41. The number of fused-ring (bicyclic) bond motifs is 1. The molecule has 1 fully saturated rings. The first-order chi connectivity index (χ1) is 8.90. The molecule has 0 spiro atoms. The minimum Gasteiger partial charge on any atom is -0.458 e. The third-order valence-corrected chi connectivity index (χ3v) is 4.36. The van der Waals surface area contributed by atoms with E-state index >= 15 is 0 Å². The smallest absolute Gasteiger partial charge is 0.309 e. The van der Waals surface area contributed by atoms with Gasteiger partial charge in [-0.25, -0.2) is 0 Å². The van der Waals surface area contributed by atoms with Gasteiger partial charge >= 0.3 is 5.97 Å². The van der Waals surface area contributed by atoms with Crippen LogP contribution in [0.15, 0.2) is 23.8 Å². The van der Waals surface area contributed by atoms with Gasteiger partial charge in [0.15, 0.2) is 0 Å². The average molecular weight is 266 g/mol. The van der Waals surface area contributed by atoms with Crippen molar-refractivity contribution in [1.29, 1.82) is 0 Å². The zero-order valence-electron chi connectivity index (χ0n) is 11.5. The monoisotopic (exact) mass is 266 g/mol. The van der Waals surface area contributed by atoms with Crippen LogP contribution in [0.5, 0.6) is 0 Å². The average Bonchev–Trinajstić information content (AvgIpc) is 2.61. The second-order valence-corrected chi connectivity index (χ2v) is 5.73. The van der Waals surface area contributed by atoms with Crippen LogP contribution >= 0.6 is 0 Å². The molecule has 106 valence electrons. The van der Waals surface area contributed by atoms with Gasteiger partial charge in [-0.2, -0.15) is 0 Å². The van der Waals surface area contributed by atoms with Crippen molar-refractivity contribution in [2.45, 2.75) is 51.4 Å². The number of ether oxygens (including phenoxy) is 1. The summed E-state index contributed by atoms with van der Waals surface area (Å²) in [6.07, 6.45) is 1.83. The summed E-state index contributed by atoms with van der Waals surface area (Å²) in [5.41, 5.74) is 1.46. The Morgan fingerprint density at radius 3 is 2.74 bits per heavy atom. The molecular formula is C15H22O4. The lowest BCUT2D eigenvalue weighted by atomic mass is 9.83. The highest BCUT2D eigenvalue weighted by atomic mass is 16.6. The van der Waals surface area contributed by atoms with E-state index < -0.39 is 12.2 Å². The highest BCUT2D eigenvalue weighted by Crippen LogP contribution is 2.35. The molecule has 0 unspecified atom stereocenters. The van der Waals surface area contributed by atoms with Crippen molar-refractivity contribution in [2.75, 3.05) is 0 Å². The summed E-state index contributed by atoms with van der Waals surface area (Å²) in [5, 5.41) is 20.0. The molecule has 19 heavy (non-hydrogen) atoms. The Kier molecular flexibility index (Phi) is 4.11. The van der Waals surface area contributed by atoms with Gasteiger partial charge in [-0.1, -0.05) is 13.5 Å². The largest absolute Gasteiger partial charge is 0.458 e. The first kappa shape index (κ1) is 14.3. The van der Waals surface area contributed by atoms with Gasteiger partial charge in [-0.15, -0.1) is 0 Å². The lowest BCUT2D eigenvalue weighted by Gasteiger charge is -2.24. The Hall–Kier alpha value is -1.13. The summed E-state index contributed by atoms with van der Waals surface area (Å²) in [7, 11) is 0. The lowest BCUT2D eigenvalue weighted by molar-refractivity contribution is -0.142. The number of carbonyl (C=O) groups excluding carboxylic acids is 1. The molecule has 0 saturated carbocycles. The van der Waals surface area contributed by atoms with Crippen LogP contribution in [-0.2, 0) is 9.53 Å². The fourth-order valence-electron chi connectivity index (χ4n) is 2.81. The van der Waals surface area contributed by atoms with Crippen molar-refractivity contribution in [3.63, 3.8) is 0 Å². The first-order valence-electron chi connectivity index (χ1n) is 6.82. The Morgan fingerprint density at radius 1 is 1.37 bits per heavy atom. The fraction of sp³-hybridized carbons (Fsp3) is 0.667. The predicted octanol–water partition coefficient (Wildman–Crippen LogP) is 1.57. The second-order valence-electron chi connectivity index (χ2n) is 5.73. The number of aliphatic hydroxyl groups is 2. The minimum atomic E-state index is -0.722. The molecule has 2 rings (SSSR count). The third kappa shape index (κ3) is 2.90. The number of hydrogen-bond donors (Lipinski definition) is 2. The summed E-state index contributed by atoms with van der Waals surface area (Å²) in [5.74, 6) is -0.230. The summed E-state index contributed by atoms with van der Waals surface area (Å²) < 4.78 is 5.37. The summed E-state index contributed by atoms with van der Waals surface area (Å²) in [6.45, 7) is 7.55. The van der Waals surface area contributed by atoms with Gasteiger partial charge in [0.05, 0.1) is 18.1 Å². The topological polar surface area (TPSA) is 66.8 Å². The van der Waals surface area contributed by atoms with Crippen LogP contribution < -0.4 is 0 Å². The van der Waals surface area contributed by atoms with Gasteiger partial charge in [0.2, 0.25) is 0 Å². The van der Waals surface area contributed by atoms with Crippen LogP contribution in [0.25, 0.3) is 0 Å². The zero-order chi connectivity index (χ0) is 14.2. The molecule has 1 saturated heterocycles. The van der Waals surface area contributed by atoms with Gasteiger partial charge in [0.1, 0.15) is 6.10 Å². The molecule has 4 heteroatoms. The minimum absolute atomic E-state index is 0.0942. The second kappa shape index (κ2) is 5.47. The molecule has 4 nitrogen and oxygen atoms in total. The van der Waals surface area contributed by atoms with E-state index in [0.29, 0.717) is 6.42 Å². The number of hydrogen-bond acceptors (Lipinski definition) is 4. The SMILES string of the molecule is C=C1CC[C@H]2[C@H](C)C(=O)O[C@@H]2/C=C(\C)[C@H](O)C[C@@H]1O. The van der Waals surface area contributed by atoms with Gasteiger partial charge < -0.3 is 14.9 Å². The molecular weight excluding hydrogens is 244 g/mol. The van der Waals surface area contributed by atoms with Crippen LogP contribution in [0.3, 0.4) is 0 Å². The van der Waals surface area contributed by atoms with Crippen LogP contribution in [0, 0.1) is 11.8 Å². The first-order valence-corrected chi connectivity index (χ1v) is 6.82. The van der Waals surface area contributed by atoms with E-state index in [1.165, 1.54) is 0 Å². The molecule has 1 aliphatic heterocycles. The van der Waals surface area contributed by atoms with Crippen LogP contribution in [0.4, 0.5) is 0 Å². The molecule has 0 radical (unpaired) electrons. The molecule has 2 N–H and O–H groups in total. The van der Waals surface area contributed by atoms with Crippen LogP contribution in [0.1, 0.15) is 33.1 Å². The quantitative estimate of drug-likeness (QED) is 0.516. The predicted molar refractivity (Wildman–Crippen MR) is 71.3 cm³/mol. The van der Waals surface area contributed by atoms with Crippen molar-refractivity contribution in [3.8, 4) is 0 Å². The van der Waals surface area contributed by atoms with E-state index in [2.05, 4.69) is 6.58 Å². The summed E-state index contributed by atoms with van der Waals surface area (Å²) >= 11 is 0. The Balaban J connectivity index is 2.27. The molecule has 5 atom stereocenters. The van der Waals surface area contributed by atoms with Gasteiger partial charge in [0, 0.05) is 12.3 Å². The standard InChI is InChI=1S/C15H22O4/c1-8-4-5-11-10(3)15(18)19-14(11)6-9(2)13(17)7-12(8)16/h6,10-14,16-17H,1,4-5,7H2,2-3H3/b9-6+/t10-,11-,12-,13+,14+/m0/s1. The van der Waals surface area contributed by atoms with Crippen molar-refractivity contribution < 1.29 is 19.7 Å². The third-order valence-electron chi connectivity index (χ3n) is 4.36. The Morgan fingerprint density at radius 2 is 2.05 bits per heavy atom. The summed E-state index contributed by atoms with van der Waals surface area (Å²) in [4.78, 5) is 11.7. The normalized spacial score (nSPS) is 43.2. The molecule has 0 aromatic carbocycles. The van der Waals surface area contributed by atoms with Gasteiger partial charge in [0.25, 0.3) is 0 Å². The maximum Gasteiger partial charge on any atom is 0.309 e. The van der Waals surface area contributed by atoms with E-state index in [-0.39, 0.29) is 30.3 Å². The number of esters is 1. The van der Waals surface area contributed by atoms with Crippen molar-refractivity contribution in [3.05, 3.63) is 23.8 Å². The number of aliphatic hydroxyl groups excluding tert-OH is 2. The van der Waals surface area contributed by atoms with Gasteiger partial charge in [-0.05, 0) is 37.0 Å². The molecule has 2 aliphatic rings. The Bertz CT molecular complexity index is 412. The summed E-state index contributed by atoms with van der Waals surface area (Å²) in [6, 6.07) is 0. The van der Waals surface area contributed by atoms with E-state index in [1.807, 2.05) is 13.0 Å². The fourth-order valence-corrected chi connectivity index (χ4v) is 2.81. The van der Waals surface area contributed by atoms with Crippen molar-refractivity contribution in [1.82, 2.24) is 0 Å². The maximum atomic E-state index is 11.7. The lowest BCUT2D eigenvalue weighted by Crippen LogP contribution is -2.26. The van der Waals surface area contributed by atoms with Gasteiger partial charge in [-0.3, -0.25) is 4.79 Å². The maximum absolute atomic E-state index is 11.7. The van der Waals surface area contributed by atoms with E-state index in [9.17, 15) is 15.0 Å². The molecule has 0 aromatic rings. The molecule has 1 heterocycles. The number of carbonyl (C=O) groups is 1. The van der Waals surface area contributed by atoms with E-state index in [0.717, 1.165) is 17.6 Å². The van der Waals surface area contributed by atoms with Crippen molar-refractivity contribution in [2.24, 2.45) is 11.8 Å². The Labute approximate surface area is 113 Å². The van der Waals surface area contributed by atoms with E-state index in [1.54, 1.807) is 6.92 Å². The molecule has 0 amide bonds. The molecule has 1 aliphatic carbocycles. The van der Waals surface area contributed by atoms with Crippen molar-refractivity contribution >= 4 is 5.97 Å². The zero-order valence-corrected chi connectivity index (χ0v) is 11.5. The van der Waals surface area contributed by atoms with Crippen LogP contribution in [0.2, 0.25) is 0 Å². The molecule has 0 bridgehead atoms. The number of rotatable bonds is 0. The highest BCUT2D eigenvalue weighted by molar-refractivity contribution is 5.75. The molecule has 0 aromatic heterocycles. The van der Waals surface area contributed by atoms with E-state index in [4.69, 9.17) is 4.74 Å².